The minimum absolute atomic E-state index is 0.133. The van der Waals surface area contributed by atoms with Crippen molar-refractivity contribution in [3.63, 3.8) is 0 Å². The van der Waals surface area contributed by atoms with Crippen LogP contribution in [-0.2, 0) is 19.1 Å². The van der Waals surface area contributed by atoms with Crippen molar-refractivity contribution in [2.24, 2.45) is 0 Å². The summed E-state index contributed by atoms with van der Waals surface area (Å²) in [5.74, 6) is -0.951. The van der Waals surface area contributed by atoms with Crippen molar-refractivity contribution in [1.82, 2.24) is 0 Å². The molecule has 0 aliphatic carbocycles. The van der Waals surface area contributed by atoms with Crippen LogP contribution in [-0.4, -0.2) is 25.2 Å². The van der Waals surface area contributed by atoms with E-state index in [0.29, 0.717) is 11.1 Å². The van der Waals surface area contributed by atoms with E-state index in [1.54, 1.807) is 13.8 Å². The van der Waals surface area contributed by atoms with E-state index in [0.717, 1.165) is 11.1 Å². The molecule has 0 aromatic heterocycles. The van der Waals surface area contributed by atoms with E-state index in [9.17, 15) is 9.59 Å². The molecular formula is C21H22O4. The first-order chi connectivity index (χ1) is 12.2. The second kappa shape index (κ2) is 9.42. The van der Waals surface area contributed by atoms with Crippen LogP contribution in [0.4, 0.5) is 0 Å². The largest absolute Gasteiger partial charge is 0.466 e. The van der Waals surface area contributed by atoms with E-state index < -0.39 is 11.9 Å². The maximum absolute atomic E-state index is 12.6. The highest BCUT2D eigenvalue weighted by Gasteiger charge is 2.22. The molecule has 0 heterocycles. The Bertz CT molecular complexity index is 692. The monoisotopic (exact) mass is 338 g/mol. The molecule has 2 aromatic rings. The molecule has 0 atom stereocenters. The van der Waals surface area contributed by atoms with Crippen LogP contribution in [0, 0.1) is 0 Å². The first kappa shape index (κ1) is 18.5. The Balaban J connectivity index is 2.63. The third-order valence-electron chi connectivity index (χ3n) is 3.57. The first-order valence-electron chi connectivity index (χ1n) is 8.34. The average Bonchev–Trinajstić information content (AvgIpc) is 2.63. The van der Waals surface area contributed by atoms with E-state index >= 15 is 0 Å². The van der Waals surface area contributed by atoms with Crippen LogP contribution >= 0.6 is 0 Å². The Morgan fingerprint density at radius 2 is 1.24 bits per heavy atom. The van der Waals surface area contributed by atoms with E-state index in [4.69, 9.17) is 9.47 Å². The van der Waals surface area contributed by atoms with Crippen LogP contribution in [0.2, 0.25) is 0 Å². The fourth-order valence-electron chi connectivity index (χ4n) is 2.56. The van der Waals surface area contributed by atoms with Crippen LogP contribution in [0.5, 0.6) is 0 Å². The number of carbonyl (C=O) groups excluding carboxylic acids is 2. The van der Waals surface area contributed by atoms with E-state index in [1.807, 2.05) is 60.7 Å². The van der Waals surface area contributed by atoms with Gasteiger partial charge in [-0.3, -0.25) is 4.79 Å². The lowest BCUT2D eigenvalue weighted by Gasteiger charge is -2.15. The molecule has 25 heavy (non-hydrogen) atoms. The lowest BCUT2D eigenvalue weighted by molar-refractivity contribution is -0.145. The predicted octanol–water partition coefficient (Wildman–Crippen LogP) is 4.00. The highest BCUT2D eigenvalue weighted by molar-refractivity contribution is 6.05. The van der Waals surface area contributed by atoms with Gasteiger partial charge in [-0.25, -0.2) is 4.79 Å². The first-order valence-corrected chi connectivity index (χ1v) is 8.34. The van der Waals surface area contributed by atoms with Crippen LogP contribution in [0.1, 0.15) is 31.4 Å². The highest BCUT2D eigenvalue weighted by atomic mass is 16.5. The minimum Gasteiger partial charge on any atom is -0.466 e. The zero-order chi connectivity index (χ0) is 18.1. The molecule has 2 rings (SSSR count). The summed E-state index contributed by atoms with van der Waals surface area (Å²) in [6.45, 7) is 3.98. The van der Waals surface area contributed by atoms with Gasteiger partial charge in [0, 0.05) is 0 Å². The lowest BCUT2D eigenvalue weighted by atomic mass is 9.91. The molecular weight excluding hydrogens is 316 g/mol. The van der Waals surface area contributed by atoms with Gasteiger partial charge in [0.25, 0.3) is 0 Å². The van der Waals surface area contributed by atoms with Gasteiger partial charge in [0.1, 0.15) is 0 Å². The Morgan fingerprint density at radius 3 is 1.68 bits per heavy atom. The molecule has 0 amide bonds. The lowest BCUT2D eigenvalue weighted by Crippen LogP contribution is -2.16. The van der Waals surface area contributed by atoms with Gasteiger partial charge in [-0.2, -0.15) is 0 Å². The van der Waals surface area contributed by atoms with Gasteiger partial charge in [0.05, 0.1) is 25.2 Å². The van der Waals surface area contributed by atoms with E-state index in [-0.39, 0.29) is 19.6 Å². The summed E-state index contributed by atoms with van der Waals surface area (Å²) in [6, 6.07) is 19.0. The van der Waals surface area contributed by atoms with Crippen molar-refractivity contribution < 1.29 is 19.1 Å². The third-order valence-corrected chi connectivity index (χ3v) is 3.57. The van der Waals surface area contributed by atoms with Crippen molar-refractivity contribution in [3.05, 3.63) is 77.4 Å². The summed E-state index contributed by atoms with van der Waals surface area (Å²) in [5.41, 5.74) is 2.69. The smallest absolute Gasteiger partial charge is 0.335 e. The Morgan fingerprint density at radius 1 is 0.760 bits per heavy atom. The maximum Gasteiger partial charge on any atom is 0.335 e. The summed E-state index contributed by atoms with van der Waals surface area (Å²) in [7, 11) is 0. The number of benzene rings is 2. The van der Waals surface area contributed by atoms with Crippen LogP contribution in [0.3, 0.4) is 0 Å². The predicted molar refractivity (Wildman–Crippen MR) is 96.8 cm³/mol. The summed E-state index contributed by atoms with van der Waals surface area (Å²) >= 11 is 0. The fraction of sp³-hybridized carbons (Fsp3) is 0.238. The molecule has 0 radical (unpaired) electrons. The van der Waals surface area contributed by atoms with Gasteiger partial charge in [-0.15, -0.1) is 0 Å². The normalized spacial score (nSPS) is 10.0. The van der Waals surface area contributed by atoms with Gasteiger partial charge in [0.2, 0.25) is 0 Å². The Labute approximate surface area is 148 Å². The molecule has 0 spiro atoms. The van der Waals surface area contributed by atoms with Gasteiger partial charge in [-0.05, 0) is 30.5 Å². The zero-order valence-electron chi connectivity index (χ0n) is 14.5. The topological polar surface area (TPSA) is 52.6 Å². The number of esters is 2. The number of ether oxygens (including phenoxy) is 2. The second-order valence-electron chi connectivity index (χ2n) is 5.29. The highest BCUT2D eigenvalue weighted by Crippen LogP contribution is 2.29. The molecule has 0 fully saturated rings. The van der Waals surface area contributed by atoms with Crippen molar-refractivity contribution in [2.75, 3.05) is 13.2 Å². The van der Waals surface area contributed by atoms with Crippen LogP contribution in [0.15, 0.2) is 66.2 Å². The number of rotatable bonds is 7. The average molecular weight is 338 g/mol. The fourth-order valence-corrected chi connectivity index (χ4v) is 2.56. The molecule has 4 heteroatoms. The van der Waals surface area contributed by atoms with E-state index in [1.165, 1.54) is 0 Å². The SMILES string of the molecule is CCOC(=O)CC(C(=O)OCC)=C(c1ccccc1)c1ccccc1. The summed E-state index contributed by atoms with van der Waals surface area (Å²) in [4.78, 5) is 24.6. The van der Waals surface area contributed by atoms with Gasteiger partial charge in [-0.1, -0.05) is 60.7 Å². The molecule has 0 aliphatic heterocycles. The van der Waals surface area contributed by atoms with Crippen LogP contribution < -0.4 is 0 Å². The molecule has 0 N–H and O–H groups in total. The maximum atomic E-state index is 12.6. The summed E-state index contributed by atoms with van der Waals surface area (Å²) < 4.78 is 10.2. The van der Waals surface area contributed by atoms with Crippen molar-refractivity contribution in [1.29, 1.82) is 0 Å². The van der Waals surface area contributed by atoms with E-state index in [2.05, 4.69) is 0 Å². The molecule has 0 aliphatic rings. The van der Waals surface area contributed by atoms with Gasteiger partial charge in [0.15, 0.2) is 0 Å². The quantitative estimate of drug-likeness (QED) is 0.565. The number of hydrogen-bond acceptors (Lipinski definition) is 4. The number of hydrogen-bond donors (Lipinski definition) is 0. The summed E-state index contributed by atoms with van der Waals surface area (Å²) in [5, 5.41) is 0. The Kier molecular flexibility index (Phi) is 6.96. The van der Waals surface area contributed by atoms with Gasteiger partial charge < -0.3 is 9.47 Å². The Hall–Kier alpha value is -2.88. The molecule has 0 unspecified atom stereocenters. The zero-order valence-corrected chi connectivity index (χ0v) is 14.5. The molecule has 4 nitrogen and oxygen atoms in total. The molecule has 0 saturated heterocycles. The molecule has 2 aromatic carbocycles. The number of carbonyl (C=O) groups is 2. The molecule has 0 saturated carbocycles. The summed E-state index contributed by atoms with van der Waals surface area (Å²) in [6.07, 6.45) is -0.133. The molecule has 0 bridgehead atoms. The second-order valence-corrected chi connectivity index (χ2v) is 5.29. The van der Waals surface area contributed by atoms with Crippen molar-refractivity contribution >= 4 is 17.5 Å². The minimum atomic E-state index is -0.502. The van der Waals surface area contributed by atoms with Crippen molar-refractivity contribution in [3.8, 4) is 0 Å². The van der Waals surface area contributed by atoms with Crippen LogP contribution in [0.25, 0.3) is 5.57 Å². The third kappa shape index (κ3) is 5.05. The van der Waals surface area contributed by atoms with Crippen molar-refractivity contribution in [2.45, 2.75) is 20.3 Å². The molecule has 130 valence electrons. The van der Waals surface area contributed by atoms with Gasteiger partial charge >= 0.3 is 11.9 Å². The standard InChI is InChI=1S/C21H22O4/c1-3-24-19(22)15-18(21(23)25-4-2)20(16-11-7-5-8-12-16)17-13-9-6-10-14-17/h5-14H,3-4,15H2,1-2H3.